The third kappa shape index (κ3) is 4.93. The average molecular weight is 323 g/mol. The number of hydrogen-bond acceptors (Lipinski definition) is 3. The highest BCUT2D eigenvalue weighted by Crippen LogP contribution is 2.31. The largest absolute Gasteiger partial charge is 0.489 e. The van der Waals surface area contributed by atoms with E-state index in [1.165, 1.54) is 38.2 Å². The molecule has 0 aromatic heterocycles. The van der Waals surface area contributed by atoms with Crippen LogP contribution >= 0.6 is 0 Å². The Bertz CT molecular complexity index is 533. The van der Waals surface area contributed by atoms with E-state index in [-0.39, 0.29) is 17.4 Å². The Labute approximate surface area is 137 Å². The summed E-state index contributed by atoms with van der Waals surface area (Å²) in [5.74, 6) is -1.43. The molecule has 5 heteroatoms. The Morgan fingerprint density at radius 1 is 1.30 bits per heavy atom. The standard InChI is InChI=1S/C18H26FNO3/c1-2-3-4-5-6-7-10-20-13-11-15-14(18(21)22)8-9-16(19)17(15)23-12-13/h8-9,13,20H,2-7,10-12H2,1H3,(H,21,22). The molecular weight excluding hydrogens is 297 g/mol. The van der Waals surface area contributed by atoms with E-state index in [0.717, 1.165) is 19.0 Å². The van der Waals surface area contributed by atoms with Gasteiger partial charge in [-0.2, -0.15) is 0 Å². The van der Waals surface area contributed by atoms with Crippen LogP contribution in [0.1, 0.15) is 61.4 Å². The number of halogens is 1. The molecule has 1 aromatic rings. The molecule has 1 heterocycles. The van der Waals surface area contributed by atoms with Crippen molar-refractivity contribution in [2.45, 2.75) is 57.9 Å². The number of ether oxygens (including phenoxy) is 1. The average Bonchev–Trinajstić information content (AvgIpc) is 2.54. The Kier molecular flexibility index (Phi) is 6.84. The number of hydrogen-bond donors (Lipinski definition) is 2. The number of carboxylic acid groups (broad SMARTS) is 1. The lowest BCUT2D eigenvalue weighted by Crippen LogP contribution is -2.40. The minimum absolute atomic E-state index is 0.0399. The molecule has 0 bridgehead atoms. The van der Waals surface area contributed by atoms with E-state index in [2.05, 4.69) is 12.2 Å². The lowest BCUT2D eigenvalue weighted by molar-refractivity contribution is 0.0693. The molecule has 0 radical (unpaired) electrons. The van der Waals surface area contributed by atoms with Gasteiger partial charge in [0.15, 0.2) is 11.6 Å². The zero-order valence-corrected chi connectivity index (χ0v) is 13.7. The van der Waals surface area contributed by atoms with Gasteiger partial charge in [-0.3, -0.25) is 0 Å². The van der Waals surface area contributed by atoms with Crippen molar-refractivity contribution >= 4 is 5.97 Å². The van der Waals surface area contributed by atoms with E-state index < -0.39 is 11.8 Å². The summed E-state index contributed by atoms with van der Waals surface area (Å²) >= 11 is 0. The number of benzene rings is 1. The van der Waals surface area contributed by atoms with Gasteiger partial charge >= 0.3 is 5.97 Å². The van der Waals surface area contributed by atoms with Crippen molar-refractivity contribution in [3.63, 3.8) is 0 Å². The van der Waals surface area contributed by atoms with Crippen molar-refractivity contribution < 1.29 is 19.0 Å². The summed E-state index contributed by atoms with van der Waals surface area (Å²) in [6, 6.07) is 2.51. The summed E-state index contributed by atoms with van der Waals surface area (Å²) in [6.07, 6.45) is 7.88. The zero-order valence-electron chi connectivity index (χ0n) is 13.7. The first-order chi connectivity index (χ1) is 11.1. The van der Waals surface area contributed by atoms with Gasteiger partial charge in [0.25, 0.3) is 0 Å². The van der Waals surface area contributed by atoms with E-state index in [1.54, 1.807) is 0 Å². The van der Waals surface area contributed by atoms with Crippen LogP contribution in [0.2, 0.25) is 0 Å². The lowest BCUT2D eigenvalue weighted by Gasteiger charge is -2.27. The number of rotatable bonds is 9. The van der Waals surface area contributed by atoms with Crippen LogP contribution in [0.4, 0.5) is 4.39 Å². The molecule has 1 atom stereocenters. The van der Waals surface area contributed by atoms with Crippen LogP contribution in [-0.2, 0) is 6.42 Å². The second kappa shape index (κ2) is 8.87. The van der Waals surface area contributed by atoms with Gasteiger partial charge in [0.1, 0.15) is 6.61 Å². The first kappa shape index (κ1) is 17.7. The minimum Gasteiger partial charge on any atom is -0.489 e. The van der Waals surface area contributed by atoms with Gasteiger partial charge in [-0.05, 0) is 31.5 Å². The van der Waals surface area contributed by atoms with Gasteiger partial charge in [-0.1, -0.05) is 39.0 Å². The first-order valence-electron chi connectivity index (χ1n) is 8.54. The van der Waals surface area contributed by atoms with E-state index in [1.807, 2.05) is 0 Å². The summed E-state index contributed by atoms with van der Waals surface area (Å²) in [4.78, 5) is 11.3. The summed E-state index contributed by atoms with van der Waals surface area (Å²) < 4.78 is 19.2. The molecule has 0 saturated heterocycles. The van der Waals surface area contributed by atoms with E-state index >= 15 is 0 Å². The second-order valence-corrected chi connectivity index (χ2v) is 6.14. The molecule has 0 amide bonds. The van der Waals surface area contributed by atoms with Crippen molar-refractivity contribution in [1.29, 1.82) is 0 Å². The molecule has 128 valence electrons. The zero-order chi connectivity index (χ0) is 16.7. The van der Waals surface area contributed by atoms with Crippen molar-refractivity contribution in [2.75, 3.05) is 13.2 Å². The van der Waals surface area contributed by atoms with Crippen LogP contribution in [-0.4, -0.2) is 30.3 Å². The molecule has 23 heavy (non-hydrogen) atoms. The van der Waals surface area contributed by atoms with Crippen LogP contribution in [0.25, 0.3) is 0 Å². The van der Waals surface area contributed by atoms with Crippen molar-refractivity contribution in [3.05, 3.63) is 29.1 Å². The summed E-state index contributed by atoms with van der Waals surface area (Å²) in [6.45, 7) is 3.46. The van der Waals surface area contributed by atoms with Crippen LogP contribution in [0.3, 0.4) is 0 Å². The van der Waals surface area contributed by atoms with E-state index in [4.69, 9.17) is 4.74 Å². The fraction of sp³-hybridized carbons (Fsp3) is 0.611. The maximum Gasteiger partial charge on any atom is 0.336 e. The predicted molar refractivity (Wildman–Crippen MR) is 87.7 cm³/mol. The van der Waals surface area contributed by atoms with Gasteiger partial charge < -0.3 is 15.2 Å². The van der Waals surface area contributed by atoms with Gasteiger partial charge in [0.2, 0.25) is 0 Å². The number of carboxylic acids is 1. The Morgan fingerprint density at radius 3 is 2.78 bits per heavy atom. The van der Waals surface area contributed by atoms with Crippen molar-refractivity contribution in [1.82, 2.24) is 5.32 Å². The SMILES string of the molecule is CCCCCCCCNC1COc2c(F)ccc(C(=O)O)c2C1. The molecule has 4 nitrogen and oxygen atoms in total. The van der Waals surface area contributed by atoms with Crippen LogP contribution in [0.5, 0.6) is 5.75 Å². The van der Waals surface area contributed by atoms with Gasteiger partial charge in [0.05, 0.1) is 5.56 Å². The normalized spacial score (nSPS) is 16.7. The van der Waals surface area contributed by atoms with Crippen LogP contribution in [0.15, 0.2) is 12.1 Å². The maximum atomic E-state index is 13.8. The number of fused-ring (bicyclic) bond motifs is 1. The summed E-state index contributed by atoms with van der Waals surface area (Å²) in [5, 5.41) is 12.6. The molecule has 0 fully saturated rings. The third-order valence-electron chi connectivity index (χ3n) is 4.29. The fourth-order valence-electron chi connectivity index (χ4n) is 2.99. The molecule has 1 aliphatic heterocycles. The maximum absolute atomic E-state index is 13.8. The monoisotopic (exact) mass is 323 g/mol. The molecule has 1 aromatic carbocycles. The quantitative estimate of drug-likeness (QED) is 0.679. The number of unbranched alkanes of at least 4 members (excludes halogenated alkanes) is 5. The molecule has 0 spiro atoms. The molecule has 1 aliphatic rings. The van der Waals surface area contributed by atoms with Crippen LogP contribution < -0.4 is 10.1 Å². The van der Waals surface area contributed by atoms with Gasteiger partial charge in [-0.15, -0.1) is 0 Å². The van der Waals surface area contributed by atoms with Gasteiger partial charge in [-0.25, -0.2) is 9.18 Å². The predicted octanol–water partition coefficient (Wildman–Crippen LogP) is 3.78. The summed E-state index contributed by atoms with van der Waals surface area (Å²) in [5.41, 5.74) is 0.594. The number of carbonyl (C=O) groups is 1. The number of aromatic carboxylic acids is 1. The van der Waals surface area contributed by atoms with Crippen molar-refractivity contribution in [2.24, 2.45) is 0 Å². The van der Waals surface area contributed by atoms with Gasteiger partial charge in [0, 0.05) is 11.6 Å². The Morgan fingerprint density at radius 2 is 2.04 bits per heavy atom. The molecule has 1 unspecified atom stereocenters. The molecule has 0 aliphatic carbocycles. The molecule has 0 saturated carbocycles. The van der Waals surface area contributed by atoms with E-state index in [9.17, 15) is 14.3 Å². The van der Waals surface area contributed by atoms with Crippen molar-refractivity contribution in [3.8, 4) is 5.75 Å². The molecular formula is C18H26FNO3. The second-order valence-electron chi connectivity index (χ2n) is 6.14. The highest BCUT2D eigenvalue weighted by Gasteiger charge is 2.26. The molecule has 2 rings (SSSR count). The van der Waals surface area contributed by atoms with E-state index in [0.29, 0.717) is 18.6 Å². The Hall–Kier alpha value is -1.62. The smallest absolute Gasteiger partial charge is 0.336 e. The minimum atomic E-state index is -1.04. The lowest BCUT2D eigenvalue weighted by atomic mass is 9.96. The third-order valence-corrected chi connectivity index (χ3v) is 4.29. The fourth-order valence-corrected chi connectivity index (χ4v) is 2.99. The van der Waals surface area contributed by atoms with Crippen LogP contribution in [0, 0.1) is 5.82 Å². The summed E-state index contributed by atoms with van der Waals surface area (Å²) in [7, 11) is 0. The topological polar surface area (TPSA) is 58.6 Å². The molecule has 2 N–H and O–H groups in total. The first-order valence-corrected chi connectivity index (χ1v) is 8.54. The highest BCUT2D eigenvalue weighted by molar-refractivity contribution is 5.90. The Balaban J connectivity index is 1.83. The highest BCUT2D eigenvalue weighted by atomic mass is 19.1. The number of nitrogens with one attached hydrogen (secondary N) is 1.